The lowest BCUT2D eigenvalue weighted by molar-refractivity contribution is -0.384. The molecular formula is C34H32N4O6S. The van der Waals surface area contributed by atoms with E-state index in [4.69, 9.17) is 4.74 Å². The van der Waals surface area contributed by atoms with Crippen LogP contribution in [0.25, 0.3) is 6.08 Å². The molecule has 0 aliphatic carbocycles. The normalized spacial score (nSPS) is 11.7. The number of nitro groups is 1. The van der Waals surface area contributed by atoms with E-state index < -0.39 is 22.0 Å². The quantitative estimate of drug-likeness (QED) is 0.0679. The molecule has 0 aromatic heterocycles. The van der Waals surface area contributed by atoms with Crippen molar-refractivity contribution in [2.75, 3.05) is 17.2 Å². The van der Waals surface area contributed by atoms with Gasteiger partial charge >= 0.3 is 0 Å². The van der Waals surface area contributed by atoms with Crippen molar-refractivity contribution in [3.05, 3.63) is 130 Å². The largest absolute Gasteiger partial charge is 0.493 e. The summed E-state index contributed by atoms with van der Waals surface area (Å²) in [6.45, 7) is 5.78. The summed E-state index contributed by atoms with van der Waals surface area (Å²) in [5.74, 6) is -0.715. The van der Waals surface area contributed by atoms with Gasteiger partial charge in [0, 0.05) is 33.8 Å². The first-order valence-electron chi connectivity index (χ1n) is 14.1. The maximum absolute atomic E-state index is 13.4. The van der Waals surface area contributed by atoms with Gasteiger partial charge in [-0.15, -0.1) is 11.8 Å². The van der Waals surface area contributed by atoms with Gasteiger partial charge in [0.25, 0.3) is 17.5 Å². The standard InChI is InChI=1S/C34H32N4O6S/c1-4-44-31-13-9-8-12-25(31)20-30(37-33(40)24-10-6-5-7-11-24)34(41)35-26-15-18-28(19-16-26)45-23(3)32(39)36-29-21-27(38(42)43)17-14-22(29)2/h5-21,23H,4H2,1-3H3,(H,35,41)(H,36,39)(H,37,40)/b30-20-. The summed E-state index contributed by atoms with van der Waals surface area (Å²) in [5, 5.41) is 18.9. The van der Waals surface area contributed by atoms with Crippen molar-refractivity contribution >= 4 is 52.6 Å². The molecule has 230 valence electrons. The Morgan fingerprint density at radius 3 is 2.31 bits per heavy atom. The Kier molecular flexibility index (Phi) is 11.1. The summed E-state index contributed by atoms with van der Waals surface area (Å²) in [4.78, 5) is 50.6. The highest BCUT2D eigenvalue weighted by molar-refractivity contribution is 8.00. The molecule has 0 saturated heterocycles. The van der Waals surface area contributed by atoms with Crippen molar-refractivity contribution in [3.63, 3.8) is 0 Å². The predicted octanol–water partition coefficient (Wildman–Crippen LogP) is 6.83. The van der Waals surface area contributed by atoms with Gasteiger partial charge in [-0.05, 0) is 74.9 Å². The van der Waals surface area contributed by atoms with Crippen LogP contribution in [0.4, 0.5) is 17.1 Å². The molecule has 3 N–H and O–H groups in total. The van der Waals surface area contributed by atoms with Gasteiger partial charge in [0.05, 0.1) is 22.5 Å². The molecule has 3 amide bonds. The SMILES string of the molecule is CCOc1ccccc1/C=C(\NC(=O)c1ccccc1)C(=O)Nc1ccc(SC(C)C(=O)Nc2cc([N+](=O)[O-])ccc2C)cc1. The van der Waals surface area contributed by atoms with Crippen LogP contribution in [0.15, 0.2) is 108 Å². The van der Waals surface area contributed by atoms with Gasteiger partial charge in [-0.1, -0.05) is 42.5 Å². The topological polar surface area (TPSA) is 140 Å². The van der Waals surface area contributed by atoms with Gasteiger partial charge in [-0.3, -0.25) is 24.5 Å². The number of non-ortho nitro benzene ring substituents is 1. The van der Waals surface area contributed by atoms with Gasteiger partial charge in [-0.25, -0.2) is 0 Å². The molecule has 4 aromatic rings. The molecule has 4 aromatic carbocycles. The summed E-state index contributed by atoms with van der Waals surface area (Å²) in [7, 11) is 0. The number of nitrogens with one attached hydrogen (secondary N) is 3. The molecule has 0 heterocycles. The van der Waals surface area contributed by atoms with Crippen molar-refractivity contribution in [2.45, 2.75) is 30.9 Å². The van der Waals surface area contributed by atoms with Crippen LogP contribution in [0, 0.1) is 17.0 Å². The molecule has 0 fully saturated rings. The maximum Gasteiger partial charge on any atom is 0.272 e. The molecule has 45 heavy (non-hydrogen) atoms. The van der Waals surface area contributed by atoms with Crippen molar-refractivity contribution < 1.29 is 24.0 Å². The van der Waals surface area contributed by atoms with Crippen LogP contribution >= 0.6 is 11.8 Å². The van der Waals surface area contributed by atoms with E-state index in [-0.39, 0.29) is 17.3 Å². The molecular weight excluding hydrogens is 592 g/mol. The van der Waals surface area contributed by atoms with E-state index in [0.29, 0.717) is 40.4 Å². The number of hydrogen-bond donors (Lipinski definition) is 3. The third-order valence-corrected chi connectivity index (χ3v) is 7.64. The number of rotatable bonds is 12. The summed E-state index contributed by atoms with van der Waals surface area (Å²) in [6, 6.07) is 27.0. The summed E-state index contributed by atoms with van der Waals surface area (Å²) < 4.78 is 5.69. The fourth-order valence-corrected chi connectivity index (χ4v) is 5.02. The Bertz CT molecular complexity index is 1720. The van der Waals surface area contributed by atoms with E-state index in [1.807, 2.05) is 19.1 Å². The van der Waals surface area contributed by atoms with Crippen LogP contribution in [-0.2, 0) is 9.59 Å². The molecule has 11 heteroatoms. The third kappa shape index (κ3) is 9.04. The molecule has 0 aliphatic heterocycles. The van der Waals surface area contributed by atoms with E-state index in [2.05, 4.69) is 16.0 Å². The second kappa shape index (κ2) is 15.3. The highest BCUT2D eigenvalue weighted by atomic mass is 32.2. The molecule has 1 atom stereocenters. The van der Waals surface area contributed by atoms with E-state index >= 15 is 0 Å². The second-order valence-corrected chi connectivity index (χ2v) is 11.2. The van der Waals surface area contributed by atoms with Gasteiger partial charge in [0.1, 0.15) is 11.4 Å². The lowest BCUT2D eigenvalue weighted by atomic mass is 10.1. The molecule has 4 rings (SSSR count). The second-order valence-electron chi connectivity index (χ2n) is 9.83. The number of benzene rings is 4. The minimum atomic E-state index is -0.536. The third-order valence-electron chi connectivity index (χ3n) is 6.53. The first kappa shape index (κ1) is 32.5. The van der Waals surface area contributed by atoms with E-state index in [9.17, 15) is 24.5 Å². The number of ether oxygens (including phenoxy) is 1. The zero-order valence-electron chi connectivity index (χ0n) is 24.9. The Morgan fingerprint density at radius 2 is 1.62 bits per heavy atom. The van der Waals surface area contributed by atoms with Crippen LogP contribution in [0.5, 0.6) is 5.75 Å². The first-order valence-corrected chi connectivity index (χ1v) is 15.0. The Hall–Kier alpha value is -5.42. The van der Waals surface area contributed by atoms with Gasteiger partial charge in [0.2, 0.25) is 5.91 Å². The van der Waals surface area contributed by atoms with Gasteiger partial charge in [-0.2, -0.15) is 0 Å². The number of carbonyl (C=O) groups excluding carboxylic acids is 3. The molecule has 0 aliphatic rings. The number of carbonyl (C=O) groups is 3. The Morgan fingerprint density at radius 1 is 0.933 bits per heavy atom. The number of thioether (sulfide) groups is 1. The number of amides is 3. The fourth-order valence-electron chi connectivity index (χ4n) is 4.15. The number of para-hydroxylation sites is 1. The van der Waals surface area contributed by atoms with Gasteiger partial charge < -0.3 is 20.7 Å². The van der Waals surface area contributed by atoms with Crippen LogP contribution < -0.4 is 20.7 Å². The molecule has 0 radical (unpaired) electrons. The summed E-state index contributed by atoms with van der Waals surface area (Å²) in [6.07, 6.45) is 1.56. The van der Waals surface area contributed by atoms with E-state index in [0.717, 1.165) is 4.90 Å². The zero-order chi connectivity index (χ0) is 32.3. The predicted molar refractivity (Wildman–Crippen MR) is 176 cm³/mol. The van der Waals surface area contributed by atoms with Gasteiger partial charge in [0.15, 0.2) is 0 Å². The van der Waals surface area contributed by atoms with Crippen LogP contribution in [0.3, 0.4) is 0 Å². The number of aryl methyl sites for hydroxylation is 1. The lowest BCUT2D eigenvalue weighted by Gasteiger charge is -2.15. The Labute approximate surface area is 265 Å². The monoisotopic (exact) mass is 624 g/mol. The molecule has 0 bridgehead atoms. The molecule has 0 spiro atoms. The van der Waals surface area contributed by atoms with Crippen LogP contribution in [0.2, 0.25) is 0 Å². The number of hydrogen-bond acceptors (Lipinski definition) is 7. The highest BCUT2D eigenvalue weighted by Crippen LogP contribution is 2.28. The average Bonchev–Trinajstić information content (AvgIpc) is 3.03. The number of anilines is 2. The van der Waals surface area contributed by atoms with Crippen molar-refractivity contribution in [1.29, 1.82) is 0 Å². The van der Waals surface area contributed by atoms with Crippen LogP contribution in [0.1, 0.15) is 35.3 Å². The molecule has 1 unspecified atom stereocenters. The van der Waals surface area contributed by atoms with Crippen LogP contribution in [-0.4, -0.2) is 34.5 Å². The number of nitro benzene ring substituents is 1. The summed E-state index contributed by atoms with van der Waals surface area (Å²) in [5.41, 5.74) is 2.51. The molecule has 0 saturated carbocycles. The minimum Gasteiger partial charge on any atom is -0.493 e. The van der Waals surface area contributed by atoms with E-state index in [1.165, 1.54) is 23.9 Å². The smallest absolute Gasteiger partial charge is 0.272 e. The summed E-state index contributed by atoms with van der Waals surface area (Å²) >= 11 is 1.29. The van der Waals surface area contributed by atoms with Crippen molar-refractivity contribution in [3.8, 4) is 5.75 Å². The van der Waals surface area contributed by atoms with Crippen molar-refractivity contribution in [2.24, 2.45) is 0 Å². The lowest BCUT2D eigenvalue weighted by Crippen LogP contribution is -2.30. The minimum absolute atomic E-state index is 0.0243. The van der Waals surface area contributed by atoms with E-state index in [1.54, 1.807) is 92.7 Å². The fraction of sp³-hybridized carbons (Fsp3) is 0.147. The molecule has 10 nitrogen and oxygen atoms in total. The Balaban J connectivity index is 1.46. The zero-order valence-corrected chi connectivity index (χ0v) is 25.7. The maximum atomic E-state index is 13.4. The average molecular weight is 625 g/mol. The first-order chi connectivity index (χ1) is 21.6. The highest BCUT2D eigenvalue weighted by Gasteiger charge is 2.19. The number of nitrogens with zero attached hydrogens (tertiary/aromatic N) is 1. The van der Waals surface area contributed by atoms with Crippen molar-refractivity contribution in [1.82, 2.24) is 5.32 Å².